The molecule has 1 N–H and O–H groups in total. The summed E-state index contributed by atoms with van der Waals surface area (Å²) >= 11 is 1.80. The molecule has 0 amide bonds. The molecule has 0 atom stereocenters. The van der Waals surface area contributed by atoms with E-state index in [-0.39, 0.29) is 5.54 Å². The van der Waals surface area contributed by atoms with Gasteiger partial charge in [-0.15, -0.1) is 11.3 Å². The highest BCUT2D eigenvalue weighted by Gasteiger charge is 2.09. The number of aryl methyl sites for hydroxylation is 1. The Bertz CT molecular complexity index is 260. The third kappa shape index (κ3) is 3.87. The minimum atomic E-state index is 0.179. The molecule has 0 saturated heterocycles. The molecule has 2 nitrogen and oxygen atoms in total. The van der Waals surface area contributed by atoms with E-state index in [9.17, 15) is 0 Å². The summed E-state index contributed by atoms with van der Waals surface area (Å²) in [6.07, 6.45) is 3.07. The van der Waals surface area contributed by atoms with E-state index in [4.69, 9.17) is 0 Å². The molecule has 0 unspecified atom stereocenters. The van der Waals surface area contributed by atoms with E-state index >= 15 is 0 Å². The standard InChI is InChI=1S/C10H18N2S/c1-5-8-6-11-9(13-8)7-12-10(2,3)4/h6,12H,5,7H2,1-4H3. The minimum Gasteiger partial charge on any atom is -0.306 e. The molecule has 0 spiro atoms. The van der Waals surface area contributed by atoms with E-state index in [0.29, 0.717) is 0 Å². The summed E-state index contributed by atoms with van der Waals surface area (Å²) in [7, 11) is 0. The van der Waals surface area contributed by atoms with Gasteiger partial charge in [0.15, 0.2) is 0 Å². The van der Waals surface area contributed by atoms with Gasteiger partial charge in [0, 0.05) is 23.2 Å². The fraction of sp³-hybridized carbons (Fsp3) is 0.700. The van der Waals surface area contributed by atoms with Crippen molar-refractivity contribution in [2.24, 2.45) is 0 Å². The molecule has 0 aliphatic heterocycles. The molecule has 0 saturated carbocycles. The average molecular weight is 198 g/mol. The highest BCUT2D eigenvalue weighted by atomic mass is 32.1. The summed E-state index contributed by atoms with van der Waals surface area (Å²) in [5.41, 5.74) is 0.179. The van der Waals surface area contributed by atoms with Crippen molar-refractivity contribution in [2.75, 3.05) is 0 Å². The summed E-state index contributed by atoms with van der Waals surface area (Å²) in [6.45, 7) is 9.55. The number of nitrogens with one attached hydrogen (secondary N) is 1. The van der Waals surface area contributed by atoms with E-state index in [0.717, 1.165) is 13.0 Å². The van der Waals surface area contributed by atoms with E-state index < -0.39 is 0 Å². The van der Waals surface area contributed by atoms with Crippen LogP contribution in [0.1, 0.15) is 37.6 Å². The zero-order chi connectivity index (χ0) is 9.90. The molecule has 1 aromatic rings. The monoisotopic (exact) mass is 198 g/mol. The largest absolute Gasteiger partial charge is 0.306 e. The zero-order valence-electron chi connectivity index (χ0n) is 8.85. The highest BCUT2D eigenvalue weighted by molar-refractivity contribution is 7.11. The lowest BCUT2D eigenvalue weighted by Crippen LogP contribution is -2.34. The molecule has 1 aromatic heterocycles. The van der Waals surface area contributed by atoms with Crippen LogP contribution >= 0.6 is 11.3 Å². The third-order valence-electron chi connectivity index (χ3n) is 1.72. The number of hydrogen-bond acceptors (Lipinski definition) is 3. The van der Waals surface area contributed by atoms with Crippen molar-refractivity contribution in [3.8, 4) is 0 Å². The highest BCUT2D eigenvalue weighted by Crippen LogP contribution is 2.13. The number of hydrogen-bond donors (Lipinski definition) is 1. The Balaban J connectivity index is 2.46. The Labute approximate surface area is 84.4 Å². The van der Waals surface area contributed by atoms with Crippen molar-refractivity contribution < 1.29 is 0 Å². The lowest BCUT2D eigenvalue weighted by atomic mass is 10.1. The van der Waals surface area contributed by atoms with Crippen molar-refractivity contribution in [3.63, 3.8) is 0 Å². The Morgan fingerprint density at radius 3 is 2.62 bits per heavy atom. The maximum absolute atomic E-state index is 4.35. The van der Waals surface area contributed by atoms with Crippen LogP contribution in [0.4, 0.5) is 0 Å². The number of nitrogens with zero attached hydrogens (tertiary/aromatic N) is 1. The van der Waals surface area contributed by atoms with Crippen LogP contribution in [0.5, 0.6) is 0 Å². The first kappa shape index (κ1) is 10.7. The van der Waals surface area contributed by atoms with Crippen LogP contribution < -0.4 is 5.32 Å². The van der Waals surface area contributed by atoms with Crippen molar-refractivity contribution >= 4 is 11.3 Å². The van der Waals surface area contributed by atoms with Gasteiger partial charge in [0.05, 0.1) is 0 Å². The fourth-order valence-corrected chi connectivity index (χ4v) is 1.74. The van der Waals surface area contributed by atoms with Crippen LogP contribution in [-0.2, 0) is 13.0 Å². The SMILES string of the molecule is CCc1cnc(CNC(C)(C)C)s1. The van der Waals surface area contributed by atoms with Gasteiger partial charge >= 0.3 is 0 Å². The maximum Gasteiger partial charge on any atom is 0.107 e. The van der Waals surface area contributed by atoms with E-state index in [2.05, 4.69) is 38.0 Å². The first-order valence-corrected chi connectivity index (χ1v) is 5.51. The second kappa shape index (κ2) is 4.20. The van der Waals surface area contributed by atoms with Crippen molar-refractivity contribution in [2.45, 2.75) is 46.2 Å². The van der Waals surface area contributed by atoms with Crippen molar-refractivity contribution in [3.05, 3.63) is 16.1 Å². The van der Waals surface area contributed by atoms with Gasteiger partial charge in [0.25, 0.3) is 0 Å². The van der Waals surface area contributed by atoms with Crippen LogP contribution in [0.2, 0.25) is 0 Å². The molecule has 1 rings (SSSR count). The van der Waals surface area contributed by atoms with Crippen molar-refractivity contribution in [1.82, 2.24) is 10.3 Å². The molecule has 0 fully saturated rings. The first-order valence-electron chi connectivity index (χ1n) is 4.70. The normalized spacial score (nSPS) is 12.0. The molecule has 0 aromatic carbocycles. The van der Waals surface area contributed by atoms with E-state index in [1.54, 1.807) is 11.3 Å². The second-order valence-corrected chi connectivity index (χ2v) is 5.38. The Morgan fingerprint density at radius 1 is 1.46 bits per heavy atom. The molecule has 0 bridgehead atoms. The van der Waals surface area contributed by atoms with Gasteiger partial charge in [0.1, 0.15) is 5.01 Å². The Hall–Kier alpha value is -0.410. The first-order chi connectivity index (χ1) is 6.01. The summed E-state index contributed by atoms with van der Waals surface area (Å²) in [5, 5.41) is 4.61. The predicted molar refractivity (Wildman–Crippen MR) is 58.1 cm³/mol. The van der Waals surface area contributed by atoms with Crippen LogP contribution in [0.25, 0.3) is 0 Å². The Morgan fingerprint density at radius 2 is 2.15 bits per heavy atom. The summed E-state index contributed by atoms with van der Waals surface area (Å²) in [4.78, 5) is 5.71. The minimum absolute atomic E-state index is 0.179. The van der Waals surface area contributed by atoms with E-state index in [1.165, 1.54) is 9.88 Å². The molecule has 1 heterocycles. The predicted octanol–water partition coefficient (Wildman–Crippen LogP) is 2.59. The van der Waals surface area contributed by atoms with Crippen LogP contribution in [-0.4, -0.2) is 10.5 Å². The number of aromatic nitrogens is 1. The number of rotatable bonds is 3. The van der Waals surface area contributed by atoms with Gasteiger partial charge in [0.2, 0.25) is 0 Å². The van der Waals surface area contributed by atoms with Crippen LogP contribution in [0, 0.1) is 0 Å². The molecule has 0 radical (unpaired) electrons. The molecule has 0 aliphatic rings. The molecule has 74 valence electrons. The molecule has 13 heavy (non-hydrogen) atoms. The van der Waals surface area contributed by atoms with Gasteiger partial charge in [-0.2, -0.15) is 0 Å². The van der Waals surface area contributed by atoms with Crippen LogP contribution in [0.3, 0.4) is 0 Å². The summed E-state index contributed by atoms with van der Waals surface area (Å²) in [6, 6.07) is 0. The van der Waals surface area contributed by atoms with Gasteiger partial charge in [-0.1, -0.05) is 6.92 Å². The molecule has 0 aliphatic carbocycles. The zero-order valence-corrected chi connectivity index (χ0v) is 9.66. The lowest BCUT2D eigenvalue weighted by Gasteiger charge is -2.19. The fourth-order valence-electron chi connectivity index (χ4n) is 0.934. The maximum atomic E-state index is 4.35. The third-order valence-corrected chi connectivity index (χ3v) is 2.86. The Kier molecular flexibility index (Phi) is 3.45. The van der Waals surface area contributed by atoms with Crippen LogP contribution in [0.15, 0.2) is 6.20 Å². The molecule has 3 heteroatoms. The number of thiazole rings is 1. The summed E-state index contributed by atoms with van der Waals surface area (Å²) < 4.78 is 0. The topological polar surface area (TPSA) is 24.9 Å². The van der Waals surface area contributed by atoms with Gasteiger partial charge in [-0.3, -0.25) is 0 Å². The molecular weight excluding hydrogens is 180 g/mol. The van der Waals surface area contributed by atoms with Gasteiger partial charge < -0.3 is 5.32 Å². The summed E-state index contributed by atoms with van der Waals surface area (Å²) in [5.74, 6) is 0. The quantitative estimate of drug-likeness (QED) is 0.807. The van der Waals surface area contributed by atoms with Gasteiger partial charge in [-0.25, -0.2) is 4.98 Å². The smallest absolute Gasteiger partial charge is 0.107 e. The van der Waals surface area contributed by atoms with Gasteiger partial charge in [-0.05, 0) is 27.2 Å². The average Bonchev–Trinajstić information content (AvgIpc) is 2.47. The van der Waals surface area contributed by atoms with E-state index in [1.807, 2.05) is 6.20 Å². The lowest BCUT2D eigenvalue weighted by molar-refractivity contribution is 0.424. The van der Waals surface area contributed by atoms with Crippen molar-refractivity contribution in [1.29, 1.82) is 0 Å². The molecular formula is C10H18N2S. The second-order valence-electron chi connectivity index (χ2n) is 4.18.